The van der Waals surface area contributed by atoms with E-state index in [9.17, 15) is 15.0 Å². The number of aliphatic hydroxyl groups is 2. The first-order valence-electron chi connectivity index (χ1n) is 7.05. The zero-order valence-corrected chi connectivity index (χ0v) is 12.6. The summed E-state index contributed by atoms with van der Waals surface area (Å²) in [5, 5.41) is 26.2. The monoisotopic (exact) mass is 274 g/mol. The SMILES string of the molecule is C=CC(=O)O.CCCCCCCCC(C)C(C)(O)O. The summed E-state index contributed by atoms with van der Waals surface area (Å²) in [6, 6.07) is 0. The van der Waals surface area contributed by atoms with E-state index in [2.05, 4.69) is 13.5 Å². The Kier molecular flexibility index (Phi) is 13.1. The summed E-state index contributed by atoms with van der Waals surface area (Å²) < 4.78 is 0. The van der Waals surface area contributed by atoms with E-state index in [0.29, 0.717) is 0 Å². The Morgan fingerprint density at radius 2 is 1.63 bits per heavy atom. The maximum absolute atomic E-state index is 9.28. The van der Waals surface area contributed by atoms with Crippen molar-refractivity contribution < 1.29 is 20.1 Å². The molecule has 0 aliphatic rings. The van der Waals surface area contributed by atoms with Gasteiger partial charge in [-0.05, 0) is 13.3 Å². The summed E-state index contributed by atoms with van der Waals surface area (Å²) in [5.41, 5.74) is 0. The average molecular weight is 274 g/mol. The Morgan fingerprint density at radius 1 is 1.21 bits per heavy atom. The number of carbonyl (C=O) groups is 1. The lowest BCUT2D eigenvalue weighted by atomic mass is 9.95. The van der Waals surface area contributed by atoms with Crippen LogP contribution in [-0.4, -0.2) is 27.1 Å². The topological polar surface area (TPSA) is 77.8 Å². The largest absolute Gasteiger partial charge is 0.478 e. The summed E-state index contributed by atoms with van der Waals surface area (Å²) >= 11 is 0. The number of aliphatic carboxylic acids is 1. The van der Waals surface area contributed by atoms with Gasteiger partial charge in [0, 0.05) is 12.0 Å². The first-order chi connectivity index (χ1) is 8.75. The van der Waals surface area contributed by atoms with E-state index in [4.69, 9.17) is 5.11 Å². The lowest BCUT2D eigenvalue weighted by Gasteiger charge is -2.24. The highest BCUT2D eigenvalue weighted by atomic mass is 16.5. The van der Waals surface area contributed by atoms with Gasteiger partial charge in [-0.15, -0.1) is 0 Å². The van der Waals surface area contributed by atoms with Gasteiger partial charge in [0.15, 0.2) is 5.79 Å². The molecule has 0 amide bonds. The third kappa shape index (κ3) is 17.1. The number of carboxylic acid groups (broad SMARTS) is 1. The van der Waals surface area contributed by atoms with E-state index >= 15 is 0 Å². The van der Waals surface area contributed by atoms with Gasteiger partial charge in [0.1, 0.15) is 0 Å². The van der Waals surface area contributed by atoms with E-state index in [-0.39, 0.29) is 5.92 Å². The minimum atomic E-state index is -1.50. The second kappa shape index (κ2) is 12.2. The van der Waals surface area contributed by atoms with Crippen LogP contribution in [0.1, 0.15) is 65.7 Å². The molecule has 1 atom stereocenters. The maximum atomic E-state index is 9.28. The average Bonchev–Trinajstić information content (AvgIpc) is 2.32. The highest BCUT2D eigenvalue weighted by Gasteiger charge is 2.23. The molecule has 0 heterocycles. The molecule has 1 unspecified atom stereocenters. The first kappa shape index (κ1) is 20.4. The van der Waals surface area contributed by atoms with Crippen molar-refractivity contribution in [3.63, 3.8) is 0 Å². The zero-order chi connectivity index (χ0) is 15.3. The number of carboxylic acids is 1. The van der Waals surface area contributed by atoms with Crippen molar-refractivity contribution in [3.05, 3.63) is 12.7 Å². The normalized spacial score (nSPS) is 12.3. The molecule has 0 spiro atoms. The Bertz CT molecular complexity index is 231. The fraction of sp³-hybridized carbons (Fsp3) is 0.800. The number of rotatable bonds is 9. The molecule has 0 aromatic heterocycles. The second-order valence-electron chi connectivity index (χ2n) is 5.09. The molecule has 4 heteroatoms. The Hall–Kier alpha value is -0.870. The van der Waals surface area contributed by atoms with E-state index < -0.39 is 11.8 Å². The van der Waals surface area contributed by atoms with Gasteiger partial charge in [0.25, 0.3) is 0 Å². The quantitative estimate of drug-likeness (QED) is 0.342. The standard InChI is InChI=1S/C12H26O2.C3H4O2/c1-4-5-6-7-8-9-10-11(2)12(3,13)14;1-2-3(4)5/h11,13-14H,4-10H2,1-3H3;2H,1H2,(H,4,5). The fourth-order valence-electron chi connectivity index (χ4n) is 1.50. The first-order valence-corrected chi connectivity index (χ1v) is 7.05. The van der Waals surface area contributed by atoms with Crippen molar-refractivity contribution in [3.8, 4) is 0 Å². The molecule has 19 heavy (non-hydrogen) atoms. The van der Waals surface area contributed by atoms with Crippen molar-refractivity contribution in [2.75, 3.05) is 0 Å². The van der Waals surface area contributed by atoms with E-state index in [1.807, 2.05) is 6.92 Å². The lowest BCUT2D eigenvalue weighted by Crippen LogP contribution is -2.31. The molecule has 0 fully saturated rings. The zero-order valence-electron chi connectivity index (χ0n) is 12.6. The summed E-state index contributed by atoms with van der Waals surface area (Å²) in [6.07, 6.45) is 9.29. The molecular weight excluding hydrogens is 244 g/mol. The van der Waals surface area contributed by atoms with Crippen LogP contribution in [0.15, 0.2) is 12.7 Å². The van der Waals surface area contributed by atoms with Crippen LogP contribution >= 0.6 is 0 Å². The predicted molar refractivity (Wildman–Crippen MR) is 77.8 cm³/mol. The van der Waals surface area contributed by atoms with Crippen molar-refractivity contribution in [2.45, 2.75) is 71.5 Å². The highest BCUT2D eigenvalue weighted by Crippen LogP contribution is 2.20. The van der Waals surface area contributed by atoms with Gasteiger partial charge in [0.05, 0.1) is 0 Å². The Balaban J connectivity index is 0. The van der Waals surface area contributed by atoms with Crippen LogP contribution < -0.4 is 0 Å². The van der Waals surface area contributed by atoms with Crippen molar-refractivity contribution in [1.82, 2.24) is 0 Å². The summed E-state index contributed by atoms with van der Waals surface area (Å²) in [6.45, 7) is 8.54. The van der Waals surface area contributed by atoms with Gasteiger partial charge >= 0.3 is 5.97 Å². The highest BCUT2D eigenvalue weighted by molar-refractivity contribution is 5.78. The Labute approximate surface area is 117 Å². The number of hydrogen-bond donors (Lipinski definition) is 3. The molecule has 0 aromatic carbocycles. The van der Waals surface area contributed by atoms with Crippen molar-refractivity contribution >= 4 is 5.97 Å². The van der Waals surface area contributed by atoms with Gasteiger partial charge in [-0.3, -0.25) is 0 Å². The van der Waals surface area contributed by atoms with E-state index in [0.717, 1.165) is 18.9 Å². The van der Waals surface area contributed by atoms with E-state index in [1.165, 1.54) is 39.0 Å². The number of unbranched alkanes of at least 4 members (excludes halogenated alkanes) is 5. The molecule has 0 aromatic rings. The molecule has 0 rings (SSSR count). The molecule has 0 saturated carbocycles. The van der Waals surface area contributed by atoms with Crippen LogP contribution in [0.3, 0.4) is 0 Å². The number of hydrogen-bond acceptors (Lipinski definition) is 3. The second-order valence-corrected chi connectivity index (χ2v) is 5.09. The Morgan fingerprint density at radius 3 is 2.00 bits per heavy atom. The van der Waals surface area contributed by atoms with Crippen LogP contribution in [-0.2, 0) is 4.79 Å². The smallest absolute Gasteiger partial charge is 0.327 e. The molecule has 0 radical (unpaired) electrons. The maximum Gasteiger partial charge on any atom is 0.327 e. The molecule has 3 N–H and O–H groups in total. The van der Waals surface area contributed by atoms with Crippen LogP contribution in [0.5, 0.6) is 0 Å². The minimum Gasteiger partial charge on any atom is -0.478 e. The van der Waals surface area contributed by atoms with E-state index in [1.54, 1.807) is 0 Å². The van der Waals surface area contributed by atoms with Crippen LogP contribution in [0, 0.1) is 5.92 Å². The van der Waals surface area contributed by atoms with Gasteiger partial charge in [-0.25, -0.2) is 4.79 Å². The van der Waals surface area contributed by atoms with Gasteiger partial charge in [-0.1, -0.05) is 59.0 Å². The molecule has 0 bridgehead atoms. The van der Waals surface area contributed by atoms with Crippen molar-refractivity contribution in [1.29, 1.82) is 0 Å². The molecular formula is C15H30O4. The molecule has 114 valence electrons. The predicted octanol–water partition coefficient (Wildman–Crippen LogP) is 3.33. The third-order valence-electron chi connectivity index (χ3n) is 3.10. The van der Waals surface area contributed by atoms with Crippen LogP contribution in [0.2, 0.25) is 0 Å². The van der Waals surface area contributed by atoms with Crippen LogP contribution in [0.25, 0.3) is 0 Å². The molecule has 0 aliphatic carbocycles. The van der Waals surface area contributed by atoms with Crippen molar-refractivity contribution in [2.24, 2.45) is 5.92 Å². The lowest BCUT2D eigenvalue weighted by molar-refractivity contribution is -0.182. The molecule has 0 aliphatic heterocycles. The summed E-state index contributed by atoms with van der Waals surface area (Å²) in [4.78, 5) is 9.25. The summed E-state index contributed by atoms with van der Waals surface area (Å²) in [7, 11) is 0. The third-order valence-corrected chi connectivity index (χ3v) is 3.10. The van der Waals surface area contributed by atoms with Crippen LogP contribution in [0.4, 0.5) is 0 Å². The van der Waals surface area contributed by atoms with Gasteiger partial charge in [0.2, 0.25) is 0 Å². The molecule has 0 saturated heterocycles. The minimum absolute atomic E-state index is 0.0197. The van der Waals surface area contributed by atoms with Gasteiger partial charge in [-0.2, -0.15) is 0 Å². The molecule has 4 nitrogen and oxygen atoms in total. The van der Waals surface area contributed by atoms with Gasteiger partial charge < -0.3 is 15.3 Å². The summed E-state index contributed by atoms with van der Waals surface area (Å²) in [5.74, 6) is -2.50. The fourth-order valence-corrected chi connectivity index (χ4v) is 1.50.